The van der Waals surface area contributed by atoms with Crippen LogP contribution in [0.1, 0.15) is 11.1 Å². The van der Waals surface area contributed by atoms with E-state index >= 15 is 0 Å². The molecule has 0 spiro atoms. The number of hydrogen-bond donors (Lipinski definition) is 3. The summed E-state index contributed by atoms with van der Waals surface area (Å²) in [6.45, 7) is 0. The highest BCUT2D eigenvalue weighted by Crippen LogP contribution is 2.42. The molecule has 3 N–H and O–H groups in total. The van der Waals surface area contributed by atoms with Crippen molar-refractivity contribution in [2.45, 2.75) is 18.0 Å². The first-order valence-electron chi connectivity index (χ1n) is 9.14. The van der Waals surface area contributed by atoms with Crippen LogP contribution < -0.4 is 10.6 Å². The number of carboxylic acids is 1. The van der Waals surface area contributed by atoms with Crippen LogP contribution in [0.25, 0.3) is 6.08 Å². The van der Waals surface area contributed by atoms with Crippen LogP contribution in [-0.2, 0) is 20.8 Å². The van der Waals surface area contributed by atoms with Gasteiger partial charge in [-0.05, 0) is 11.1 Å². The van der Waals surface area contributed by atoms with E-state index in [0.29, 0.717) is 0 Å². The smallest absolute Gasteiger partial charge is 0.325 e. The molecule has 2 aliphatic rings. The quantitative estimate of drug-likeness (QED) is 0.690. The molecule has 0 saturated carbocycles. The Morgan fingerprint density at radius 1 is 1.00 bits per heavy atom. The van der Waals surface area contributed by atoms with E-state index < -0.39 is 41.2 Å². The Hall–Kier alpha value is -3.25. The maximum absolute atomic E-state index is 12.5. The molecule has 2 heterocycles. The highest BCUT2D eigenvalue weighted by atomic mass is 16.4. The van der Waals surface area contributed by atoms with Gasteiger partial charge in [0, 0.05) is 12.5 Å². The van der Waals surface area contributed by atoms with Gasteiger partial charge in [0.15, 0.2) is 0 Å². The van der Waals surface area contributed by atoms with Gasteiger partial charge in [0.25, 0.3) is 0 Å². The lowest BCUT2D eigenvalue weighted by Crippen LogP contribution is -2.57. The predicted molar refractivity (Wildman–Crippen MR) is 103 cm³/mol. The molecule has 6 nitrogen and oxygen atoms in total. The minimum Gasteiger partial charge on any atom is -0.480 e. The Morgan fingerprint density at radius 2 is 1.64 bits per heavy atom. The van der Waals surface area contributed by atoms with Crippen molar-refractivity contribution in [2.24, 2.45) is 11.8 Å². The topological polar surface area (TPSA) is 95.5 Å². The molecule has 0 radical (unpaired) electrons. The third-order valence-electron chi connectivity index (χ3n) is 5.54. The summed E-state index contributed by atoms with van der Waals surface area (Å²) in [6.07, 6.45) is 3.73. The van der Waals surface area contributed by atoms with Crippen LogP contribution in [-0.4, -0.2) is 34.5 Å². The molecule has 2 saturated heterocycles. The van der Waals surface area contributed by atoms with Gasteiger partial charge in [-0.3, -0.25) is 25.0 Å². The zero-order valence-electron chi connectivity index (χ0n) is 15.0. The van der Waals surface area contributed by atoms with Crippen LogP contribution in [0.15, 0.2) is 66.7 Å². The van der Waals surface area contributed by atoms with Crippen LogP contribution in [0.4, 0.5) is 0 Å². The summed E-state index contributed by atoms with van der Waals surface area (Å²) in [5.41, 5.74) is 0.172. The molecule has 4 rings (SSSR count). The first kappa shape index (κ1) is 18.1. The number of carbonyl (C=O) groups is 3. The van der Waals surface area contributed by atoms with Crippen molar-refractivity contribution >= 4 is 23.9 Å². The lowest BCUT2D eigenvalue weighted by atomic mass is 9.76. The third kappa shape index (κ3) is 3.01. The molecule has 4 atom stereocenters. The molecule has 2 aliphatic heterocycles. The molecule has 6 heteroatoms. The Balaban J connectivity index is 1.72. The maximum Gasteiger partial charge on any atom is 0.325 e. The number of fused-ring (bicyclic) bond motifs is 1. The summed E-state index contributed by atoms with van der Waals surface area (Å²) in [6, 6.07) is 18.1. The van der Waals surface area contributed by atoms with Crippen molar-refractivity contribution in [1.82, 2.24) is 10.6 Å². The molecule has 2 aromatic carbocycles. The van der Waals surface area contributed by atoms with E-state index in [9.17, 15) is 19.5 Å². The van der Waals surface area contributed by atoms with Crippen LogP contribution in [0, 0.1) is 11.8 Å². The number of amides is 2. The molecule has 2 amide bonds. The van der Waals surface area contributed by atoms with E-state index in [0.717, 1.165) is 11.1 Å². The van der Waals surface area contributed by atoms with Gasteiger partial charge in [0.2, 0.25) is 11.8 Å². The summed E-state index contributed by atoms with van der Waals surface area (Å²) in [5, 5.41) is 15.5. The predicted octanol–water partition coefficient (Wildman–Crippen LogP) is 1.63. The van der Waals surface area contributed by atoms with Crippen molar-refractivity contribution in [1.29, 1.82) is 0 Å². The minimum absolute atomic E-state index is 0.112. The van der Waals surface area contributed by atoms with Crippen molar-refractivity contribution in [2.75, 3.05) is 0 Å². The highest BCUT2D eigenvalue weighted by Gasteiger charge is 2.65. The number of carboxylic acid groups (broad SMARTS) is 1. The molecule has 142 valence electrons. The lowest BCUT2D eigenvalue weighted by Gasteiger charge is -2.29. The van der Waals surface area contributed by atoms with Crippen LogP contribution in [0.5, 0.6) is 0 Å². The van der Waals surface area contributed by atoms with Gasteiger partial charge < -0.3 is 5.11 Å². The van der Waals surface area contributed by atoms with Crippen molar-refractivity contribution in [3.8, 4) is 0 Å². The van der Waals surface area contributed by atoms with Gasteiger partial charge in [-0.25, -0.2) is 0 Å². The van der Waals surface area contributed by atoms with E-state index in [1.54, 1.807) is 6.08 Å². The zero-order chi connectivity index (χ0) is 19.7. The molecule has 28 heavy (non-hydrogen) atoms. The average Bonchev–Trinajstić information content (AvgIpc) is 3.19. The Kier molecular flexibility index (Phi) is 4.57. The molecule has 4 unspecified atom stereocenters. The van der Waals surface area contributed by atoms with Crippen molar-refractivity contribution < 1.29 is 19.5 Å². The summed E-state index contributed by atoms with van der Waals surface area (Å²) in [7, 11) is 0. The summed E-state index contributed by atoms with van der Waals surface area (Å²) in [5.74, 6) is -3.82. The summed E-state index contributed by atoms with van der Waals surface area (Å²) < 4.78 is 0. The van der Waals surface area contributed by atoms with Gasteiger partial charge >= 0.3 is 5.97 Å². The largest absolute Gasteiger partial charge is 0.480 e. The van der Waals surface area contributed by atoms with Gasteiger partial charge in [-0.15, -0.1) is 0 Å². The average molecular weight is 376 g/mol. The van der Waals surface area contributed by atoms with Crippen LogP contribution >= 0.6 is 0 Å². The van der Waals surface area contributed by atoms with Gasteiger partial charge in [-0.2, -0.15) is 0 Å². The number of imide groups is 1. The minimum atomic E-state index is -1.55. The van der Waals surface area contributed by atoms with Crippen molar-refractivity contribution in [3.05, 3.63) is 77.9 Å². The highest BCUT2D eigenvalue weighted by molar-refractivity contribution is 6.09. The number of nitrogens with one attached hydrogen (secondary N) is 2. The van der Waals surface area contributed by atoms with E-state index in [2.05, 4.69) is 10.6 Å². The maximum atomic E-state index is 12.5. The second kappa shape index (κ2) is 7.05. The number of hydrogen-bond acceptors (Lipinski definition) is 4. The molecule has 2 aromatic rings. The second-order valence-electron chi connectivity index (χ2n) is 7.24. The van der Waals surface area contributed by atoms with E-state index in [-0.39, 0.29) is 6.42 Å². The molecule has 0 aromatic heterocycles. The summed E-state index contributed by atoms with van der Waals surface area (Å²) in [4.78, 5) is 37.4. The zero-order valence-corrected chi connectivity index (χ0v) is 15.0. The van der Waals surface area contributed by atoms with Gasteiger partial charge in [-0.1, -0.05) is 72.8 Å². The standard InChI is InChI=1S/C22H20N2O4/c25-19-17-16(12-11-14-7-3-1-4-8-14)24-22(21(27)28,18(17)20(26)23-19)13-15-9-5-2-6-10-15/h1-12,16-18,24H,13H2,(H,27,28)(H,23,25,26). The van der Waals surface area contributed by atoms with Crippen LogP contribution in [0.3, 0.4) is 0 Å². The monoisotopic (exact) mass is 376 g/mol. The van der Waals surface area contributed by atoms with Crippen LogP contribution in [0.2, 0.25) is 0 Å². The third-order valence-corrected chi connectivity index (χ3v) is 5.54. The first-order chi connectivity index (χ1) is 13.5. The van der Waals surface area contributed by atoms with Gasteiger partial charge in [0.1, 0.15) is 5.54 Å². The fraction of sp³-hybridized carbons (Fsp3) is 0.227. The fourth-order valence-electron chi connectivity index (χ4n) is 4.27. The number of carbonyl (C=O) groups excluding carboxylic acids is 2. The first-order valence-corrected chi connectivity index (χ1v) is 9.14. The van der Waals surface area contributed by atoms with E-state index in [1.807, 2.05) is 66.7 Å². The SMILES string of the molecule is O=C1NC(=O)C2C1C(C=Cc1ccccc1)NC2(Cc1ccccc1)C(=O)O. The molecule has 0 aliphatic carbocycles. The second-order valence-corrected chi connectivity index (χ2v) is 7.24. The molecule has 2 fully saturated rings. The lowest BCUT2D eigenvalue weighted by molar-refractivity contribution is -0.149. The Bertz CT molecular complexity index is 942. The van der Waals surface area contributed by atoms with E-state index in [4.69, 9.17) is 0 Å². The fourth-order valence-corrected chi connectivity index (χ4v) is 4.27. The Labute approximate surface area is 162 Å². The van der Waals surface area contributed by atoms with Crippen molar-refractivity contribution in [3.63, 3.8) is 0 Å². The molecule has 0 bridgehead atoms. The van der Waals surface area contributed by atoms with E-state index in [1.165, 1.54) is 0 Å². The Morgan fingerprint density at radius 3 is 2.29 bits per heavy atom. The molecular formula is C22H20N2O4. The number of benzene rings is 2. The van der Waals surface area contributed by atoms with Gasteiger partial charge in [0.05, 0.1) is 11.8 Å². The number of aliphatic carboxylic acids is 1. The molecular weight excluding hydrogens is 356 g/mol. The normalized spacial score (nSPS) is 29.1. The number of rotatable bonds is 5. The summed E-state index contributed by atoms with van der Waals surface area (Å²) >= 11 is 0.